The molecular formula is C25H34N4O3. The second-order valence-electron chi connectivity index (χ2n) is 8.59. The second kappa shape index (κ2) is 10.6. The zero-order valence-corrected chi connectivity index (χ0v) is 19.7. The Bertz CT molecular complexity index is 927. The van der Waals surface area contributed by atoms with Crippen LogP contribution in [-0.4, -0.2) is 63.7 Å². The van der Waals surface area contributed by atoms with Gasteiger partial charge in [-0.05, 0) is 49.6 Å². The number of amides is 2. The SMILES string of the molecule is Cc1cc(C)c(NC(=O)C(=O)NC[C@@H](c2ccc(N(C)C)cc2)N2CCOCC2)c(C)c1. The minimum absolute atomic E-state index is 0.0327. The molecule has 0 aliphatic carbocycles. The van der Waals surface area contributed by atoms with Crippen LogP contribution in [0.25, 0.3) is 0 Å². The largest absolute Gasteiger partial charge is 0.379 e. The fraction of sp³-hybridized carbons (Fsp3) is 0.440. The first-order valence-electron chi connectivity index (χ1n) is 11.0. The van der Waals surface area contributed by atoms with E-state index in [2.05, 4.69) is 44.7 Å². The molecule has 32 heavy (non-hydrogen) atoms. The van der Waals surface area contributed by atoms with Crippen LogP contribution in [0.2, 0.25) is 0 Å². The van der Waals surface area contributed by atoms with Crippen LogP contribution in [0.3, 0.4) is 0 Å². The van der Waals surface area contributed by atoms with E-state index in [9.17, 15) is 9.59 Å². The van der Waals surface area contributed by atoms with Crippen molar-refractivity contribution >= 4 is 23.2 Å². The lowest BCUT2D eigenvalue weighted by atomic mass is 10.0. The quantitative estimate of drug-likeness (QED) is 0.679. The molecular weight excluding hydrogens is 404 g/mol. The van der Waals surface area contributed by atoms with E-state index in [-0.39, 0.29) is 6.04 Å². The zero-order valence-electron chi connectivity index (χ0n) is 19.7. The van der Waals surface area contributed by atoms with Gasteiger partial charge in [0.05, 0.1) is 19.3 Å². The molecule has 2 aromatic carbocycles. The van der Waals surface area contributed by atoms with E-state index in [1.165, 1.54) is 0 Å². The van der Waals surface area contributed by atoms with Crippen molar-refractivity contribution in [2.24, 2.45) is 0 Å². The number of hydrogen-bond acceptors (Lipinski definition) is 5. The predicted octanol–water partition coefficient (Wildman–Crippen LogP) is 2.81. The summed E-state index contributed by atoms with van der Waals surface area (Å²) >= 11 is 0. The number of nitrogens with one attached hydrogen (secondary N) is 2. The number of aryl methyl sites for hydroxylation is 3. The fourth-order valence-corrected chi connectivity index (χ4v) is 4.16. The van der Waals surface area contributed by atoms with Gasteiger partial charge in [0.2, 0.25) is 0 Å². The molecule has 1 fully saturated rings. The molecule has 2 N–H and O–H groups in total. The summed E-state index contributed by atoms with van der Waals surface area (Å²) < 4.78 is 5.50. The third-order valence-corrected chi connectivity index (χ3v) is 5.86. The smallest absolute Gasteiger partial charge is 0.313 e. The highest BCUT2D eigenvalue weighted by molar-refractivity contribution is 6.39. The number of carbonyl (C=O) groups excluding carboxylic acids is 2. The first-order chi connectivity index (χ1) is 15.3. The minimum Gasteiger partial charge on any atom is -0.379 e. The molecule has 0 radical (unpaired) electrons. The zero-order chi connectivity index (χ0) is 23.3. The van der Waals surface area contributed by atoms with Crippen molar-refractivity contribution in [1.29, 1.82) is 0 Å². The maximum Gasteiger partial charge on any atom is 0.313 e. The van der Waals surface area contributed by atoms with Crippen LogP contribution in [0.1, 0.15) is 28.3 Å². The Balaban J connectivity index is 1.69. The van der Waals surface area contributed by atoms with Crippen LogP contribution in [0, 0.1) is 20.8 Å². The average Bonchev–Trinajstić information content (AvgIpc) is 2.77. The molecule has 0 spiro atoms. The van der Waals surface area contributed by atoms with Gasteiger partial charge in [0.1, 0.15) is 0 Å². The van der Waals surface area contributed by atoms with Gasteiger partial charge in [-0.2, -0.15) is 0 Å². The first-order valence-corrected chi connectivity index (χ1v) is 11.0. The van der Waals surface area contributed by atoms with Gasteiger partial charge in [-0.1, -0.05) is 29.8 Å². The van der Waals surface area contributed by atoms with Crippen molar-refractivity contribution in [2.45, 2.75) is 26.8 Å². The molecule has 1 aliphatic rings. The van der Waals surface area contributed by atoms with Gasteiger partial charge in [-0.25, -0.2) is 0 Å². The number of morpholine rings is 1. The van der Waals surface area contributed by atoms with Crippen molar-refractivity contribution in [3.8, 4) is 0 Å². The Hall–Kier alpha value is -2.90. The second-order valence-corrected chi connectivity index (χ2v) is 8.59. The fourth-order valence-electron chi connectivity index (χ4n) is 4.16. The van der Waals surface area contributed by atoms with Crippen LogP contribution in [-0.2, 0) is 14.3 Å². The highest BCUT2D eigenvalue weighted by atomic mass is 16.5. The Kier molecular flexibility index (Phi) is 7.88. The van der Waals surface area contributed by atoms with Gasteiger partial charge in [-0.15, -0.1) is 0 Å². The van der Waals surface area contributed by atoms with Crippen molar-refractivity contribution in [3.63, 3.8) is 0 Å². The lowest BCUT2D eigenvalue weighted by Crippen LogP contribution is -2.45. The lowest BCUT2D eigenvalue weighted by molar-refractivity contribution is -0.136. The van der Waals surface area contributed by atoms with Crippen molar-refractivity contribution in [1.82, 2.24) is 10.2 Å². The van der Waals surface area contributed by atoms with Crippen molar-refractivity contribution < 1.29 is 14.3 Å². The predicted molar refractivity (Wildman–Crippen MR) is 128 cm³/mol. The summed E-state index contributed by atoms with van der Waals surface area (Å²) in [5, 5.41) is 5.62. The van der Waals surface area contributed by atoms with Crippen molar-refractivity contribution in [3.05, 3.63) is 58.7 Å². The van der Waals surface area contributed by atoms with E-state index in [0.29, 0.717) is 25.4 Å². The molecule has 2 aromatic rings. The topological polar surface area (TPSA) is 73.9 Å². The van der Waals surface area contributed by atoms with Gasteiger partial charge in [0.25, 0.3) is 0 Å². The molecule has 7 nitrogen and oxygen atoms in total. The summed E-state index contributed by atoms with van der Waals surface area (Å²) in [6, 6.07) is 12.3. The van der Waals surface area contributed by atoms with Crippen LogP contribution in [0.15, 0.2) is 36.4 Å². The third-order valence-electron chi connectivity index (χ3n) is 5.86. The van der Waals surface area contributed by atoms with Crippen LogP contribution < -0.4 is 15.5 Å². The summed E-state index contributed by atoms with van der Waals surface area (Å²) in [6.07, 6.45) is 0. The number of carbonyl (C=O) groups is 2. The number of hydrogen-bond donors (Lipinski definition) is 2. The number of anilines is 2. The number of rotatable bonds is 6. The first kappa shape index (κ1) is 23.8. The highest BCUT2D eigenvalue weighted by Crippen LogP contribution is 2.24. The maximum absolute atomic E-state index is 12.6. The Morgan fingerprint density at radius 1 is 1.00 bits per heavy atom. The Labute approximate surface area is 190 Å². The van der Waals surface area contributed by atoms with Crippen LogP contribution in [0.5, 0.6) is 0 Å². The molecule has 1 atom stereocenters. The minimum atomic E-state index is -0.649. The van der Waals surface area contributed by atoms with E-state index in [1.54, 1.807) is 0 Å². The molecule has 1 saturated heterocycles. The molecule has 1 aliphatic heterocycles. The lowest BCUT2D eigenvalue weighted by Gasteiger charge is -2.35. The van der Waals surface area contributed by atoms with E-state index in [1.807, 2.05) is 47.0 Å². The third kappa shape index (κ3) is 5.87. The number of nitrogens with zero attached hydrogens (tertiary/aromatic N) is 2. The summed E-state index contributed by atoms with van der Waals surface area (Å²) in [7, 11) is 4.01. The molecule has 7 heteroatoms. The summed E-state index contributed by atoms with van der Waals surface area (Å²) in [5.41, 5.74) is 5.91. The monoisotopic (exact) mass is 438 g/mol. The Morgan fingerprint density at radius 2 is 1.59 bits per heavy atom. The summed E-state index contributed by atoms with van der Waals surface area (Å²) in [4.78, 5) is 29.6. The molecule has 1 heterocycles. The molecule has 0 unspecified atom stereocenters. The van der Waals surface area contributed by atoms with Crippen LogP contribution >= 0.6 is 0 Å². The van der Waals surface area contributed by atoms with Gasteiger partial charge >= 0.3 is 11.8 Å². The molecule has 3 rings (SSSR count). The Morgan fingerprint density at radius 3 is 2.16 bits per heavy atom. The standard InChI is InChI=1S/C25H34N4O3/c1-17-14-18(2)23(19(3)15-17)27-25(31)24(30)26-16-22(29-10-12-32-13-11-29)20-6-8-21(9-7-20)28(4)5/h6-9,14-15,22H,10-13,16H2,1-5H3,(H,26,30)(H,27,31)/t22-/m0/s1. The molecule has 0 bridgehead atoms. The van der Waals surface area contributed by atoms with Gasteiger partial charge < -0.3 is 20.3 Å². The van der Waals surface area contributed by atoms with E-state index in [4.69, 9.17) is 4.74 Å². The van der Waals surface area contributed by atoms with Gasteiger partial charge in [0.15, 0.2) is 0 Å². The maximum atomic E-state index is 12.6. The van der Waals surface area contributed by atoms with Crippen molar-refractivity contribution in [2.75, 3.05) is 57.2 Å². The molecule has 2 amide bonds. The van der Waals surface area contributed by atoms with Gasteiger partial charge in [-0.3, -0.25) is 14.5 Å². The normalized spacial score (nSPS) is 15.2. The van der Waals surface area contributed by atoms with E-state index < -0.39 is 11.8 Å². The van der Waals surface area contributed by atoms with E-state index >= 15 is 0 Å². The highest BCUT2D eigenvalue weighted by Gasteiger charge is 2.25. The number of ether oxygens (including phenoxy) is 1. The summed E-state index contributed by atoms with van der Waals surface area (Å²) in [6.45, 7) is 9.10. The molecule has 0 aromatic heterocycles. The molecule has 172 valence electrons. The molecule has 0 saturated carbocycles. The van der Waals surface area contributed by atoms with E-state index in [0.717, 1.165) is 41.0 Å². The number of benzene rings is 2. The summed E-state index contributed by atoms with van der Waals surface area (Å²) in [5.74, 6) is -1.28. The van der Waals surface area contributed by atoms with Crippen LogP contribution in [0.4, 0.5) is 11.4 Å². The van der Waals surface area contributed by atoms with Gasteiger partial charge in [0, 0.05) is 45.1 Å². The average molecular weight is 439 g/mol.